The SMILES string of the molecule is O=[N+]([O-])c1cc(N(C(F)(F)F)C(F)(F)F)ccc1F. The molecule has 0 heterocycles. The van der Waals surface area contributed by atoms with Crippen molar-refractivity contribution in [2.75, 3.05) is 4.90 Å². The summed E-state index contributed by atoms with van der Waals surface area (Å²) in [6, 6.07) is 0.150. The van der Waals surface area contributed by atoms with Gasteiger partial charge >= 0.3 is 18.3 Å². The number of nitrogens with zero attached hydrogens (tertiary/aromatic N) is 2. The van der Waals surface area contributed by atoms with Crippen molar-refractivity contribution >= 4 is 11.4 Å². The highest BCUT2D eigenvalue weighted by atomic mass is 19.4. The Morgan fingerprint density at radius 1 is 1.05 bits per heavy atom. The van der Waals surface area contributed by atoms with Crippen LogP contribution in [0.5, 0.6) is 0 Å². The number of hydrogen-bond acceptors (Lipinski definition) is 3. The smallest absolute Gasteiger partial charge is 0.258 e. The minimum absolute atomic E-state index is 0.142. The van der Waals surface area contributed by atoms with E-state index in [1.807, 2.05) is 0 Å². The number of alkyl halides is 6. The van der Waals surface area contributed by atoms with Crippen LogP contribution in [0.3, 0.4) is 0 Å². The van der Waals surface area contributed by atoms with Gasteiger partial charge in [0.25, 0.3) is 0 Å². The van der Waals surface area contributed by atoms with Crippen molar-refractivity contribution in [1.29, 1.82) is 0 Å². The molecule has 0 N–H and O–H groups in total. The number of nitro groups is 1. The summed E-state index contributed by atoms with van der Waals surface area (Å²) in [5.41, 5.74) is -3.09. The van der Waals surface area contributed by atoms with Gasteiger partial charge in [0.05, 0.1) is 10.6 Å². The molecule has 0 spiro atoms. The molecule has 0 fully saturated rings. The van der Waals surface area contributed by atoms with Gasteiger partial charge in [0.2, 0.25) is 5.82 Å². The minimum Gasteiger partial charge on any atom is -0.258 e. The Labute approximate surface area is 99.7 Å². The predicted molar refractivity (Wildman–Crippen MR) is 47.6 cm³/mol. The van der Waals surface area contributed by atoms with Gasteiger partial charge in [0.15, 0.2) is 0 Å². The number of rotatable bonds is 2. The van der Waals surface area contributed by atoms with Crippen LogP contribution in [0.15, 0.2) is 18.2 Å². The average molecular weight is 292 g/mol. The second-order valence-electron chi connectivity index (χ2n) is 3.16. The molecule has 0 aromatic heterocycles. The van der Waals surface area contributed by atoms with Gasteiger partial charge in [0.1, 0.15) is 0 Å². The summed E-state index contributed by atoms with van der Waals surface area (Å²) >= 11 is 0. The van der Waals surface area contributed by atoms with Crippen LogP contribution in [-0.4, -0.2) is 17.5 Å². The van der Waals surface area contributed by atoms with E-state index in [1.54, 1.807) is 0 Å². The normalized spacial score (nSPS) is 12.4. The van der Waals surface area contributed by atoms with Crippen LogP contribution >= 0.6 is 0 Å². The zero-order valence-electron chi connectivity index (χ0n) is 8.59. The molecule has 0 unspecified atom stereocenters. The van der Waals surface area contributed by atoms with Gasteiger partial charge in [-0.05, 0) is 12.1 Å². The highest BCUT2D eigenvalue weighted by Gasteiger charge is 2.54. The van der Waals surface area contributed by atoms with Gasteiger partial charge in [-0.3, -0.25) is 10.1 Å². The lowest BCUT2D eigenvalue weighted by molar-refractivity contribution is -0.387. The van der Waals surface area contributed by atoms with Crippen LogP contribution in [0.25, 0.3) is 0 Å². The first-order chi connectivity index (χ1) is 8.44. The van der Waals surface area contributed by atoms with Crippen LogP contribution in [0.4, 0.5) is 42.1 Å². The van der Waals surface area contributed by atoms with Crippen LogP contribution < -0.4 is 4.90 Å². The lowest BCUT2D eigenvalue weighted by Gasteiger charge is -2.28. The van der Waals surface area contributed by atoms with Crippen molar-refractivity contribution in [3.8, 4) is 0 Å². The van der Waals surface area contributed by atoms with E-state index in [9.17, 15) is 40.8 Å². The molecule has 19 heavy (non-hydrogen) atoms. The first kappa shape index (κ1) is 15.0. The van der Waals surface area contributed by atoms with Crippen molar-refractivity contribution in [1.82, 2.24) is 0 Å². The molecule has 0 aliphatic rings. The van der Waals surface area contributed by atoms with Crippen LogP contribution in [0, 0.1) is 15.9 Å². The van der Waals surface area contributed by atoms with E-state index in [4.69, 9.17) is 0 Å². The molecule has 0 atom stereocenters. The van der Waals surface area contributed by atoms with Crippen molar-refractivity contribution < 1.29 is 35.7 Å². The summed E-state index contributed by atoms with van der Waals surface area (Å²) in [5.74, 6) is -1.54. The summed E-state index contributed by atoms with van der Waals surface area (Å²) in [5, 5.41) is 10.3. The third-order valence-electron chi connectivity index (χ3n) is 1.89. The highest BCUT2D eigenvalue weighted by molar-refractivity contribution is 5.55. The van der Waals surface area contributed by atoms with Gasteiger partial charge in [-0.2, -0.15) is 9.29 Å². The molecule has 11 heteroatoms. The zero-order valence-corrected chi connectivity index (χ0v) is 8.59. The highest BCUT2D eigenvalue weighted by Crippen LogP contribution is 2.39. The van der Waals surface area contributed by atoms with Crippen LogP contribution in [0.1, 0.15) is 0 Å². The molecule has 4 nitrogen and oxygen atoms in total. The fourth-order valence-corrected chi connectivity index (χ4v) is 1.22. The molecule has 0 bridgehead atoms. The Balaban J connectivity index is 3.41. The van der Waals surface area contributed by atoms with E-state index in [0.717, 1.165) is 0 Å². The Morgan fingerprint density at radius 3 is 1.89 bits per heavy atom. The molecule has 0 amide bonds. The Bertz CT molecular complexity index is 483. The summed E-state index contributed by atoms with van der Waals surface area (Å²) in [4.78, 5) is 6.90. The first-order valence-electron chi connectivity index (χ1n) is 4.32. The summed E-state index contributed by atoms with van der Waals surface area (Å²) < 4.78 is 86.5. The largest absolute Gasteiger partial charge is 0.491 e. The van der Waals surface area contributed by atoms with Gasteiger partial charge in [-0.25, -0.2) is 0 Å². The number of hydrogen-bond donors (Lipinski definition) is 0. The van der Waals surface area contributed by atoms with E-state index in [1.165, 1.54) is 0 Å². The maximum absolute atomic E-state index is 12.9. The van der Waals surface area contributed by atoms with Gasteiger partial charge in [0, 0.05) is 6.07 Å². The lowest BCUT2D eigenvalue weighted by atomic mass is 10.2. The minimum atomic E-state index is -5.86. The summed E-state index contributed by atoms with van der Waals surface area (Å²) in [7, 11) is 0. The van der Waals surface area contributed by atoms with E-state index >= 15 is 0 Å². The Kier molecular flexibility index (Phi) is 3.59. The number of anilines is 1. The maximum Gasteiger partial charge on any atom is 0.491 e. The average Bonchev–Trinajstić information content (AvgIpc) is 2.16. The monoisotopic (exact) mass is 292 g/mol. The summed E-state index contributed by atoms with van der Waals surface area (Å²) in [6.07, 6.45) is -11.7. The second-order valence-corrected chi connectivity index (χ2v) is 3.16. The summed E-state index contributed by atoms with van der Waals surface area (Å²) in [6.45, 7) is 0. The van der Waals surface area contributed by atoms with E-state index in [2.05, 4.69) is 0 Å². The molecule has 0 aliphatic carbocycles. The topological polar surface area (TPSA) is 46.4 Å². The maximum atomic E-state index is 12.9. The van der Waals surface area contributed by atoms with E-state index in [-0.39, 0.29) is 18.2 Å². The van der Waals surface area contributed by atoms with Crippen molar-refractivity contribution in [3.05, 3.63) is 34.1 Å². The van der Waals surface area contributed by atoms with E-state index < -0.39 is 39.6 Å². The molecule has 1 aromatic rings. The second kappa shape index (κ2) is 4.55. The lowest BCUT2D eigenvalue weighted by Crippen LogP contribution is -2.48. The van der Waals surface area contributed by atoms with Crippen molar-refractivity contribution in [2.24, 2.45) is 0 Å². The molecule has 1 aromatic carbocycles. The van der Waals surface area contributed by atoms with Crippen LogP contribution in [0.2, 0.25) is 0 Å². The predicted octanol–water partition coefficient (Wildman–Crippen LogP) is 3.58. The van der Waals surface area contributed by atoms with Gasteiger partial charge in [-0.1, -0.05) is 0 Å². The Hall–Kier alpha value is -2.07. The van der Waals surface area contributed by atoms with Gasteiger partial charge in [-0.15, -0.1) is 26.3 Å². The molecule has 106 valence electrons. The third kappa shape index (κ3) is 3.23. The molecule has 0 radical (unpaired) electrons. The standard InChI is InChI=1S/C8H3F7N2O2/c9-5-2-1-4(3-6(5)17(18)19)16(7(10,11)12)8(13,14)15/h1-3H. The van der Waals surface area contributed by atoms with Gasteiger partial charge < -0.3 is 0 Å². The number of benzene rings is 1. The van der Waals surface area contributed by atoms with Crippen molar-refractivity contribution in [2.45, 2.75) is 12.6 Å². The molecular weight excluding hydrogens is 289 g/mol. The first-order valence-corrected chi connectivity index (χ1v) is 4.32. The van der Waals surface area contributed by atoms with Crippen molar-refractivity contribution in [3.63, 3.8) is 0 Å². The fourth-order valence-electron chi connectivity index (χ4n) is 1.22. The molecule has 0 saturated heterocycles. The number of halogens is 7. The fraction of sp³-hybridized carbons (Fsp3) is 0.250. The number of nitro benzene ring substituents is 1. The molecule has 0 saturated carbocycles. The van der Waals surface area contributed by atoms with E-state index in [0.29, 0.717) is 0 Å². The molecule has 1 rings (SSSR count). The zero-order chi connectivity index (χ0) is 15.0. The Morgan fingerprint density at radius 2 is 1.53 bits per heavy atom. The van der Waals surface area contributed by atoms with Crippen LogP contribution in [-0.2, 0) is 0 Å². The third-order valence-corrected chi connectivity index (χ3v) is 1.89. The molecule has 0 aliphatic heterocycles. The quantitative estimate of drug-likeness (QED) is 0.362. The molecular formula is C8H3F7N2O2.